The Morgan fingerprint density at radius 2 is 2.27 bits per heavy atom. The van der Waals surface area contributed by atoms with E-state index in [4.69, 9.17) is 4.74 Å². The van der Waals surface area contributed by atoms with Crippen molar-refractivity contribution in [2.24, 2.45) is 0 Å². The van der Waals surface area contributed by atoms with Crippen molar-refractivity contribution < 1.29 is 13.9 Å². The van der Waals surface area contributed by atoms with E-state index in [1.54, 1.807) is 25.1 Å². The molecule has 3 heteroatoms. The minimum absolute atomic E-state index is 0.0637. The second-order valence-corrected chi connectivity index (χ2v) is 3.15. The minimum atomic E-state index is -0.516. The van der Waals surface area contributed by atoms with Gasteiger partial charge >= 0.3 is 0 Å². The first kappa shape index (κ1) is 11.6. The molecule has 2 nitrogen and oxygen atoms in total. The molecule has 0 unspecified atom stereocenters. The summed E-state index contributed by atoms with van der Waals surface area (Å²) in [7, 11) is 0. The zero-order valence-electron chi connectivity index (χ0n) is 8.57. The second kappa shape index (κ2) is 5.41. The maximum Gasteiger partial charge on any atom is 0.191 e. The first-order valence-electron chi connectivity index (χ1n) is 4.67. The number of ketones is 1. The molecule has 0 aliphatic rings. The van der Waals surface area contributed by atoms with Crippen molar-refractivity contribution in [2.75, 3.05) is 6.61 Å². The van der Waals surface area contributed by atoms with Gasteiger partial charge in [-0.1, -0.05) is 18.2 Å². The van der Waals surface area contributed by atoms with Gasteiger partial charge in [-0.25, -0.2) is 4.39 Å². The van der Waals surface area contributed by atoms with Crippen LogP contribution in [0.25, 0.3) is 0 Å². The molecule has 80 valence electrons. The van der Waals surface area contributed by atoms with Crippen molar-refractivity contribution >= 4 is 5.78 Å². The lowest BCUT2D eigenvalue weighted by molar-refractivity contribution is 0.0655. The molecule has 0 heterocycles. The highest BCUT2D eigenvalue weighted by atomic mass is 19.1. The van der Waals surface area contributed by atoms with E-state index >= 15 is 0 Å². The zero-order valence-corrected chi connectivity index (χ0v) is 8.57. The molecule has 0 aliphatic heterocycles. The molecule has 0 aliphatic carbocycles. The van der Waals surface area contributed by atoms with Crippen LogP contribution >= 0.6 is 0 Å². The van der Waals surface area contributed by atoms with E-state index in [-0.39, 0.29) is 24.1 Å². The second-order valence-electron chi connectivity index (χ2n) is 3.15. The van der Waals surface area contributed by atoms with E-state index in [0.717, 1.165) is 0 Å². The molecule has 0 amide bonds. The topological polar surface area (TPSA) is 26.3 Å². The van der Waals surface area contributed by atoms with Gasteiger partial charge in [0, 0.05) is 0 Å². The molecule has 0 radical (unpaired) electrons. The molecule has 0 aromatic heterocycles. The normalized spacial score (nSPS) is 12.1. The van der Waals surface area contributed by atoms with Gasteiger partial charge in [0.25, 0.3) is 0 Å². The van der Waals surface area contributed by atoms with Crippen molar-refractivity contribution in [3.8, 4) is 0 Å². The van der Waals surface area contributed by atoms with Crippen LogP contribution in [0.3, 0.4) is 0 Å². The van der Waals surface area contributed by atoms with E-state index < -0.39 is 5.82 Å². The lowest BCUT2D eigenvalue weighted by Gasteiger charge is -2.07. The number of ether oxygens (including phenoxy) is 1. The third-order valence-electron chi connectivity index (χ3n) is 1.98. The number of carbonyl (C=O) groups excluding carboxylic acids is 1. The molecule has 0 N–H and O–H groups in total. The molecule has 0 saturated heterocycles. The Morgan fingerprint density at radius 3 is 2.87 bits per heavy atom. The highest BCUT2D eigenvalue weighted by Gasteiger charge is 2.11. The molecular formula is C12H13FO2. The van der Waals surface area contributed by atoms with E-state index in [1.165, 1.54) is 12.1 Å². The van der Waals surface area contributed by atoms with Crippen molar-refractivity contribution in [1.82, 2.24) is 0 Å². The number of Topliss-reactive ketones (excluding diaryl/α,β-unsaturated/α-hetero) is 1. The fourth-order valence-electron chi connectivity index (χ4n) is 1.04. The summed E-state index contributed by atoms with van der Waals surface area (Å²) in [6.45, 7) is 5.15. The largest absolute Gasteiger partial charge is 0.366 e. The number of rotatable bonds is 5. The Labute approximate surface area is 88.4 Å². The van der Waals surface area contributed by atoms with Crippen molar-refractivity contribution in [1.29, 1.82) is 0 Å². The van der Waals surface area contributed by atoms with Crippen LogP contribution in [0, 0.1) is 5.82 Å². The standard InChI is InChI=1S/C12H13FO2/c1-3-9(2)15-8-12(14)10-6-4-5-7-11(10)13/h3-7,9H,1,8H2,2H3/t9-/m0/s1. The van der Waals surface area contributed by atoms with E-state index in [1.807, 2.05) is 0 Å². The Kier molecular flexibility index (Phi) is 4.18. The summed E-state index contributed by atoms with van der Waals surface area (Å²) in [4.78, 5) is 11.5. The lowest BCUT2D eigenvalue weighted by atomic mass is 10.1. The highest BCUT2D eigenvalue weighted by molar-refractivity contribution is 5.97. The van der Waals surface area contributed by atoms with Gasteiger partial charge in [0.2, 0.25) is 0 Å². The average molecular weight is 208 g/mol. The van der Waals surface area contributed by atoms with Gasteiger partial charge in [-0.15, -0.1) is 6.58 Å². The summed E-state index contributed by atoms with van der Waals surface area (Å²) in [5.41, 5.74) is 0.0637. The van der Waals surface area contributed by atoms with Crippen LogP contribution in [0.1, 0.15) is 17.3 Å². The van der Waals surface area contributed by atoms with Gasteiger partial charge in [0.1, 0.15) is 12.4 Å². The van der Waals surface area contributed by atoms with Gasteiger partial charge in [-0.2, -0.15) is 0 Å². The molecule has 1 atom stereocenters. The first-order valence-corrected chi connectivity index (χ1v) is 4.67. The molecule has 0 saturated carbocycles. The number of hydrogen-bond acceptors (Lipinski definition) is 2. The summed E-state index contributed by atoms with van der Waals surface area (Å²) in [6.07, 6.45) is 1.37. The SMILES string of the molecule is C=C[C@H](C)OCC(=O)c1ccccc1F. The van der Waals surface area contributed by atoms with Crippen molar-refractivity contribution in [3.63, 3.8) is 0 Å². The van der Waals surface area contributed by atoms with Crippen LogP contribution in [0.5, 0.6) is 0 Å². The maximum absolute atomic E-state index is 13.1. The molecule has 1 aromatic rings. The van der Waals surface area contributed by atoms with Crippen LogP contribution in [-0.4, -0.2) is 18.5 Å². The molecule has 0 fully saturated rings. The number of benzene rings is 1. The quantitative estimate of drug-likeness (QED) is 0.549. The summed E-state index contributed by atoms with van der Waals surface area (Å²) in [5.74, 6) is -0.876. The monoisotopic (exact) mass is 208 g/mol. The van der Waals surface area contributed by atoms with Gasteiger partial charge in [-0.05, 0) is 19.1 Å². The summed E-state index contributed by atoms with van der Waals surface area (Å²) >= 11 is 0. The zero-order chi connectivity index (χ0) is 11.3. The Balaban J connectivity index is 2.62. The average Bonchev–Trinajstić information content (AvgIpc) is 2.26. The predicted molar refractivity (Wildman–Crippen MR) is 56.3 cm³/mol. The summed E-state index contributed by atoms with van der Waals surface area (Å²) < 4.78 is 18.3. The molecular weight excluding hydrogens is 195 g/mol. The fraction of sp³-hybridized carbons (Fsp3) is 0.250. The Bertz CT molecular complexity index is 360. The van der Waals surface area contributed by atoms with Crippen LogP contribution in [-0.2, 0) is 4.74 Å². The smallest absolute Gasteiger partial charge is 0.191 e. The van der Waals surface area contributed by atoms with E-state index in [2.05, 4.69) is 6.58 Å². The van der Waals surface area contributed by atoms with Crippen molar-refractivity contribution in [2.45, 2.75) is 13.0 Å². The minimum Gasteiger partial charge on any atom is -0.366 e. The molecule has 0 spiro atoms. The molecule has 1 aromatic carbocycles. The van der Waals surface area contributed by atoms with E-state index in [0.29, 0.717) is 0 Å². The van der Waals surface area contributed by atoms with Gasteiger partial charge < -0.3 is 4.74 Å². The molecule has 0 bridgehead atoms. The van der Waals surface area contributed by atoms with Crippen LogP contribution in [0.15, 0.2) is 36.9 Å². The number of halogens is 1. The molecule has 1 rings (SSSR count). The summed E-state index contributed by atoms with van der Waals surface area (Å²) in [6, 6.07) is 5.86. The van der Waals surface area contributed by atoms with Gasteiger partial charge in [0.05, 0.1) is 11.7 Å². The van der Waals surface area contributed by atoms with Gasteiger partial charge in [0.15, 0.2) is 5.78 Å². The number of carbonyl (C=O) groups is 1. The third kappa shape index (κ3) is 3.29. The molecule has 15 heavy (non-hydrogen) atoms. The summed E-state index contributed by atoms with van der Waals surface area (Å²) in [5, 5.41) is 0. The van der Waals surface area contributed by atoms with E-state index in [9.17, 15) is 9.18 Å². The Morgan fingerprint density at radius 1 is 1.60 bits per heavy atom. The number of hydrogen-bond donors (Lipinski definition) is 0. The van der Waals surface area contributed by atoms with Crippen LogP contribution in [0.4, 0.5) is 4.39 Å². The first-order chi connectivity index (χ1) is 7.15. The van der Waals surface area contributed by atoms with Gasteiger partial charge in [-0.3, -0.25) is 4.79 Å². The van der Waals surface area contributed by atoms with Crippen LogP contribution < -0.4 is 0 Å². The predicted octanol–water partition coefficient (Wildman–Crippen LogP) is 2.60. The van der Waals surface area contributed by atoms with Crippen LogP contribution in [0.2, 0.25) is 0 Å². The van der Waals surface area contributed by atoms with Crippen molar-refractivity contribution in [3.05, 3.63) is 48.3 Å². The Hall–Kier alpha value is -1.48. The third-order valence-corrected chi connectivity index (χ3v) is 1.98. The highest BCUT2D eigenvalue weighted by Crippen LogP contribution is 2.07. The lowest BCUT2D eigenvalue weighted by Crippen LogP contribution is -2.15. The maximum atomic E-state index is 13.1. The fourth-order valence-corrected chi connectivity index (χ4v) is 1.04.